The minimum absolute atomic E-state index is 0.319. The van der Waals surface area contributed by atoms with Gasteiger partial charge in [0, 0.05) is 30.9 Å². The molecule has 1 aromatic carbocycles. The van der Waals surface area contributed by atoms with Crippen molar-refractivity contribution in [3.05, 3.63) is 24.1 Å². The van der Waals surface area contributed by atoms with E-state index in [1.165, 1.54) is 0 Å². The second-order valence-electron chi connectivity index (χ2n) is 5.42. The fourth-order valence-corrected chi connectivity index (χ4v) is 2.36. The second kappa shape index (κ2) is 5.21. The predicted molar refractivity (Wildman–Crippen MR) is 75.6 cm³/mol. The molecule has 4 heteroatoms. The van der Waals surface area contributed by atoms with Gasteiger partial charge in [0.2, 0.25) is 0 Å². The maximum absolute atomic E-state index is 5.72. The van der Waals surface area contributed by atoms with Crippen molar-refractivity contribution in [2.24, 2.45) is 0 Å². The van der Waals surface area contributed by atoms with Crippen LogP contribution in [0.1, 0.15) is 38.5 Å². The Morgan fingerprint density at radius 1 is 1.26 bits per heavy atom. The first-order valence-electron chi connectivity index (χ1n) is 6.97. The summed E-state index contributed by atoms with van der Waals surface area (Å²) < 4.78 is 11.1. The number of aromatic nitrogens is 1. The number of ether oxygens (including phenoxy) is 1. The van der Waals surface area contributed by atoms with Crippen molar-refractivity contribution in [3.63, 3.8) is 0 Å². The van der Waals surface area contributed by atoms with E-state index in [1.807, 2.05) is 6.07 Å². The van der Waals surface area contributed by atoms with Crippen LogP contribution in [0.3, 0.4) is 0 Å². The lowest BCUT2D eigenvalue weighted by molar-refractivity contribution is 0.0904. The first kappa shape index (κ1) is 12.5. The Hall–Kier alpha value is -1.55. The highest BCUT2D eigenvalue weighted by Gasteiger charge is 2.14. The van der Waals surface area contributed by atoms with Crippen LogP contribution < -0.4 is 5.32 Å². The number of hydrogen-bond acceptors (Lipinski definition) is 4. The average molecular weight is 260 g/mol. The molecule has 2 heterocycles. The minimum atomic E-state index is 0.319. The largest absolute Gasteiger partial charge is 0.440 e. The molecule has 19 heavy (non-hydrogen) atoms. The number of nitrogens with one attached hydrogen (secondary N) is 1. The van der Waals surface area contributed by atoms with E-state index in [1.54, 1.807) is 0 Å². The molecule has 0 atom stereocenters. The molecule has 1 N–H and O–H groups in total. The zero-order chi connectivity index (χ0) is 13.2. The Labute approximate surface area is 113 Å². The molecule has 0 bridgehead atoms. The van der Waals surface area contributed by atoms with Crippen LogP contribution in [-0.2, 0) is 4.74 Å². The topological polar surface area (TPSA) is 47.3 Å². The fourth-order valence-electron chi connectivity index (χ4n) is 2.36. The molecule has 0 spiro atoms. The number of benzene rings is 1. The molecular formula is C15H20N2O2. The number of anilines is 1. The number of rotatable bonds is 3. The van der Waals surface area contributed by atoms with Crippen LogP contribution in [0.25, 0.3) is 11.1 Å². The van der Waals surface area contributed by atoms with Gasteiger partial charge in [-0.15, -0.1) is 0 Å². The maximum atomic E-state index is 5.72. The molecule has 0 aliphatic carbocycles. The van der Waals surface area contributed by atoms with Crippen LogP contribution in [0, 0.1) is 0 Å². The molecule has 1 aliphatic heterocycles. The Balaban J connectivity index is 1.80. The van der Waals surface area contributed by atoms with Crippen molar-refractivity contribution in [3.8, 4) is 0 Å². The van der Waals surface area contributed by atoms with E-state index in [2.05, 4.69) is 36.3 Å². The SMILES string of the molecule is CC(C)c1nc2cc(NC3CCOCC3)ccc2o1. The van der Waals surface area contributed by atoms with Crippen LogP contribution in [0.15, 0.2) is 22.6 Å². The predicted octanol–water partition coefficient (Wildman–Crippen LogP) is 3.54. The summed E-state index contributed by atoms with van der Waals surface area (Å²) in [7, 11) is 0. The Bertz CT molecular complexity index is 556. The summed E-state index contributed by atoms with van der Waals surface area (Å²) in [6.45, 7) is 5.88. The molecule has 1 saturated heterocycles. The lowest BCUT2D eigenvalue weighted by Crippen LogP contribution is -2.27. The van der Waals surface area contributed by atoms with Gasteiger partial charge in [-0.3, -0.25) is 0 Å². The first-order valence-corrected chi connectivity index (χ1v) is 6.97. The van der Waals surface area contributed by atoms with Gasteiger partial charge in [0.05, 0.1) is 0 Å². The molecule has 3 rings (SSSR count). The summed E-state index contributed by atoms with van der Waals surface area (Å²) in [6, 6.07) is 6.63. The molecule has 2 aromatic rings. The van der Waals surface area contributed by atoms with E-state index in [-0.39, 0.29) is 0 Å². The minimum Gasteiger partial charge on any atom is -0.440 e. The van der Waals surface area contributed by atoms with Crippen molar-refractivity contribution in [2.45, 2.75) is 38.6 Å². The van der Waals surface area contributed by atoms with Crippen LogP contribution in [-0.4, -0.2) is 24.2 Å². The third-order valence-corrected chi connectivity index (χ3v) is 3.49. The highest BCUT2D eigenvalue weighted by Crippen LogP contribution is 2.24. The average Bonchev–Trinajstić information content (AvgIpc) is 2.83. The lowest BCUT2D eigenvalue weighted by Gasteiger charge is -2.24. The van der Waals surface area contributed by atoms with E-state index >= 15 is 0 Å². The summed E-state index contributed by atoms with van der Waals surface area (Å²) >= 11 is 0. The molecule has 0 amide bonds. The van der Waals surface area contributed by atoms with E-state index in [4.69, 9.17) is 9.15 Å². The van der Waals surface area contributed by atoms with Gasteiger partial charge in [-0.05, 0) is 31.0 Å². The fraction of sp³-hybridized carbons (Fsp3) is 0.533. The highest BCUT2D eigenvalue weighted by atomic mass is 16.5. The van der Waals surface area contributed by atoms with Crippen molar-refractivity contribution >= 4 is 16.8 Å². The van der Waals surface area contributed by atoms with Crippen molar-refractivity contribution in [2.75, 3.05) is 18.5 Å². The molecule has 102 valence electrons. The van der Waals surface area contributed by atoms with E-state index in [9.17, 15) is 0 Å². The molecule has 1 fully saturated rings. The van der Waals surface area contributed by atoms with Crippen molar-refractivity contribution in [1.29, 1.82) is 0 Å². The normalized spacial score (nSPS) is 17.2. The monoisotopic (exact) mass is 260 g/mol. The number of hydrogen-bond donors (Lipinski definition) is 1. The lowest BCUT2D eigenvalue weighted by atomic mass is 10.1. The van der Waals surface area contributed by atoms with Crippen LogP contribution in [0.2, 0.25) is 0 Å². The van der Waals surface area contributed by atoms with Gasteiger partial charge in [0.1, 0.15) is 5.52 Å². The molecule has 0 unspecified atom stereocenters. The molecular weight excluding hydrogens is 240 g/mol. The van der Waals surface area contributed by atoms with Gasteiger partial charge in [0.25, 0.3) is 0 Å². The van der Waals surface area contributed by atoms with E-state index < -0.39 is 0 Å². The third-order valence-electron chi connectivity index (χ3n) is 3.49. The standard InChI is InChI=1S/C15H20N2O2/c1-10(2)15-17-13-9-12(3-4-14(13)19-15)16-11-5-7-18-8-6-11/h3-4,9-11,16H,5-8H2,1-2H3. The number of nitrogens with zero attached hydrogens (tertiary/aromatic N) is 1. The van der Waals surface area contributed by atoms with Crippen molar-refractivity contribution < 1.29 is 9.15 Å². The van der Waals surface area contributed by atoms with Crippen LogP contribution >= 0.6 is 0 Å². The van der Waals surface area contributed by atoms with Gasteiger partial charge in [-0.1, -0.05) is 13.8 Å². The van der Waals surface area contributed by atoms with Crippen molar-refractivity contribution in [1.82, 2.24) is 4.98 Å². The quantitative estimate of drug-likeness (QED) is 0.917. The summed E-state index contributed by atoms with van der Waals surface area (Å²) in [4.78, 5) is 4.53. The molecule has 1 aromatic heterocycles. The molecule has 4 nitrogen and oxygen atoms in total. The zero-order valence-corrected chi connectivity index (χ0v) is 11.5. The number of oxazole rings is 1. The third kappa shape index (κ3) is 2.73. The van der Waals surface area contributed by atoms with Gasteiger partial charge < -0.3 is 14.5 Å². The molecule has 1 aliphatic rings. The smallest absolute Gasteiger partial charge is 0.198 e. The summed E-state index contributed by atoms with van der Waals surface area (Å²) in [5.74, 6) is 1.12. The van der Waals surface area contributed by atoms with E-state index in [0.717, 1.165) is 48.7 Å². The Morgan fingerprint density at radius 2 is 2.05 bits per heavy atom. The first-order chi connectivity index (χ1) is 9.22. The zero-order valence-electron chi connectivity index (χ0n) is 11.5. The van der Waals surface area contributed by atoms with Crippen LogP contribution in [0.5, 0.6) is 0 Å². The Morgan fingerprint density at radius 3 is 2.79 bits per heavy atom. The van der Waals surface area contributed by atoms with Gasteiger partial charge >= 0.3 is 0 Å². The molecule has 0 saturated carbocycles. The number of fused-ring (bicyclic) bond motifs is 1. The highest BCUT2D eigenvalue weighted by molar-refractivity contribution is 5.77. The van der Waals surface area contributed by atoms with E-state index in [0.29, 0.717) is 12.0 Å². The van der Waals surface area contributed by atoms with Gasteiger partial charge in [-0.2, -0.15) is 0 Å². The maximum Gasteiger partial charge on any atom is 0.198 e. The second-order valence-corrected chi connectivity index (χ2v) is 5.42. The molecule has 0 radical (unpaired) electrons. The Kier molecular flexibility index (Phi) is 3.42. The summed E-state index contributed by atoms with van der Waals surface area (Å²) in [5, 5.41) is 3.55. The van der Waals surface area contributed by atoms with Crippen LogP contribution in [0.4, 0.5) is 5.69 Å². The summed E-state index contributed by atoms with van der Waals surface area (Å²) in [5.41, 5.74) is 2.91. The summed E-state index contributed by atoms with van der Waals surface area (Å²) in [6.07, 6.45) is 2.13. The van der Waals surface area contributed by atoms with Gasteiger partial charge in [-0.25, -0.2) is 4.98 Å². The van der Waals surface area contributed by atoms with Gasteiger partial charge in [0.15, 0.2) is 11.5 Å².